The summed E-state index contributed by atoms with van der Waals surface area (Å²) in [5, 5.41) is 2.90. The lowest BCUT2D eigenvalue weighted by molar-refractivity contribution is 0.187. The van der Waals surface area contributed by atoms with Crippen molar-refractivity contribution in [2.75, 3.05) is 18.2 Å². The van der Waals surface area contributed by atoms with E-state index in [-0.39, 0.29) is 16.5 Å². The van der Waals surface area contributed by atoms with Crippen molar-refractivity contribution in [1.29, 1.82) is 0 Å². The molecular weight excluding hydrogens is 380 g/mol. The molecule has 0 bridgehead atoms. The Bertz CT molecular complexity index is 1090. The van der Waals surface area contributed by atoms with E-state index < -0.39 is 15.9 Å². The first-order valence-electron chi connectivity index (χ1n) is 7.62. The molecule has 0 spiro atoms. The van der Waals surface area contributed by atoms with Crippen molar-refractivity contribution in [3.05, 3.63) is 41.4 Å². The van der Waals surface area contributed by atoms with Gasteiger partial charge in [-0.1, -0.05) is 18.5 Å². The molecule has 0 aliphatic heterocycles. The number of hydrogen-bond donors (Lipinski definition) is 1. The van der Waals surface area contributed by atoms with Crippen LogP contribution in [0.5, 0.6) is 0 Å². The van der Waals surface area contributed by atoms with Gasteiger partial charge in [-0.25, -0.2) is 18.2 Å². The highest BCUT2D eigenvalue weighted by atomic mass is 35.5. The molecule has 0 aliphatic carbocycles. The van der Waals surface area contributed by atoms with Crippen LogP contribution in [-0.2, 0) is 14.6 Å². The molecule has 9 heteroatoms. The molecule has 1 heterocycles. The molecule has 0 radical (unpaired) electrons. The number of nitrogens with zero attached hydrogens (tertiary/aromatic N) is 1. The van der Waals surface area contributed by atoms with Crippen LogP contribution in [0.15, 0.2) is 45.7 Å². The number of amides is 1. The van der Waals surface area contributed by atoms with E-state index >= 15 is 0 Å². The Hall–Kier alpha value is -2.58. The first-order chi connectivity index (χ1) is 12.3. The second-order valence-electron chi connectivity index (χ2n) is 5.36. The molecule has 0 fully saturated rings. The number of ether oxygens (including phenoxy) is 1. The van der Waals surface area contributed by atoms with Crippen LogP contribution in [-0.4, -0.2) is 32.4 Å². The lowest BCUT2D eigenvalue weighted by Gasteiger charge is -2.06. The number of methoxy groups -OCH3 is 1. The van der Waals surface area contributed by atoms with Crippen LogP contribution < -0.4 is 5.32 Å². The molecule has 26 heavy (non-hydrogen) atoms. The van der Waals surface area contributed by atoms with E-state index in [0.717, 1.165) is 0 Å². The standard InChI is InChI=1S/C17H15ClN2O5S/c1-3-26(22,23)11-5-7-15-14(9-11)20-16(25-15)12-8-10(4-6-13(12)18)19-17(21)24-2/h4-9H,3H2,1-2H3,(H,19,21). The fourth-order valence-electron chi connectivity index (χ4n) is 2.32. The fourth-order valence-corrected chi connectivity index (χ4v) is 3.42. The summed E-state index contributed by atoms with van der Waals surface area (Å²) in [5.41, 5.74) is 1.73. The molecule has 2 aromatic carbocycles. The van der Waals surface area contributed by atoms with E-state index in [0.29, 0.717) is 27.4 Å². The largest absolute Gasteiger partial charge is 0.453 e. The van der Waals surface area contributed by atoms with Gasteiger partial charge in [-0.05, 0) is 36.4 Å². The van der Waals surface area contributed by atoms with Crippen LogP contribution in [0.2, 0.25) is 5.02 Å². The van der Waals surface area contributed by atoms with E-state index in [9.17, 15) is 13.2 Å². The Morgan fingerprint density at radius 2 is 2.04 bits per heavy atom. The number of rotatable bonds is 4. The van der Waals surface area contributed by atoms with Crippen molar-refractivity contribution in [2.24, 2.45) is 0 Å². The average Bonchev–Trinajstić information content (AvgIpc) is 3.06. The number of aromatic nitrogens is 1. The van der Waals surface area contributed by atoms with Crippen LogP contribution in [0, 0.1) is 0 Å². The number of carbonyl (C=O) groups is 1. The maximum Gasteiger partial charge on any atom is 0.411 e. The number of sulfone groups is 1. The van der Waals surface area contributed by atoms with Gasteiger partial charge in [0.05, 0.1) is 28.3 Å². The molecule has 0 saturated heterocycles. The number of benzene rings is 2. The van der Waals surface area contributed by atoms with E-state index in [1.807, 2.05) is 0 Å². The van der Waals surface area contributed by atoms with Crippen molar-refractivity contribution >= 4 is 44.3 Å². The highest BCUT2D eigenvalue weighted by Gasteiger charge is 2.17. The summed E-state index contributed by atoms with van der Waals surface area (Å²) in [4.78, 5) is 15.9. The van der Waals surface area contributed by atoms with Gasteiger partial charge >= 0.3 is 6.09 Å². The third-order valence-electron chi connectivity index (χ3n) is 3.73. The molecule has 0 unspecified atom stereocenters. The first-order valence-corrected chi connectivity index (χ1v) is 9.65. The number of oxazole rings is 1. The Morgan fingerprint density at radius 3 is 2.73 bits per heavy atom. The normalized spacial score (nSPS) is 11.5. The second-order valence-corrected chi connectivity index (χ2v) is 8.05. The summed E-state index contributed by atoms with van der Waals surface area (Å²) in [6.07, 6.45) is -0.620. The third kappa shape index (κ3) is 3.51. The first kappa shape index (κ1) is 18.2. The number of anilines is 1. The van der Waals surface area contributed by atoms with Gasteiger partial charge < -0.3 is 9.15 Å². The maximum absolute atomic E-state index is 12.0. The molecule has 3 aromatic rings. The van der Waals surface area contributed by atoms with Crippen LogP contribution in [0.25, 0.3) is 22.6 Å². The van der Waals surface area contributed by atoms with Crippen LogP contribution >= 0.6 is 11.6 Å². The number of nitrogens with one attached hydrogen (secondary N) is 1. The Balaban J connectivity index is 2.05. The molecular formula is C17H15ClN2O5S. The van der Waals surface area contributed by atoms with E-state index in [4.69, 9.17) is 16.0 Å². The quantitative estimate of drug-likeness (QED) is 0.714. The summed E-state index contributed by atoms with van der Waals surface area (Å²) >= 11 is 6.22. The van der Waals surface area contributed by atoms with Gasteiger partial charge in [-0.3, -0.25) is 5.32 Å². The van der Waals surface area contributed by atoms with Crippen molar-refractivity contribution in [1.82, 2.24) is 4.98 Å². The Labute approximate surface area is 154 Å². The highest BCUT2D eigenvalue weighted by molar-refractivity contribution is 7.91. The van der Waals surface area contributed by atoms with E-state index in [2.05, 4.69) is 15.0 Å². The summed E-state index contributed by atoms with van der Waals surface area (Å²) < 4.78 is 34.3. The van der Waals surface area contributed by atoms with E-state index in [1.165, 1.54) is 19.2 Å². The number of fused-ring (bicyclic) bond motifs is 1. The molecule has 0 aliphatic rings. The van der Waals surface area contributed by atoms with Crippen molar-refractivity contribution in [3.8, 4) is 11.5 Å². The fraction of sp³-hybridized carbons (Fsp3) is 0.176. The molecule has 3 rings (SSSR count). The van der Waals surface area contributed by atoms with Crippen LogP contribution in [0.1, 0.15) is 6.92 Å². The van der Waals surface area contributed by atoms with E-state index in [1.54, 1.807) is 31.2 Å². The van der Waals surface area contributed by atoms with Crippen molar-refractivity contribution < 1.29 is 22.4 Å². The summed E-state index contributed by atoms with van der Waals surface area (Å²) in [6.45, 7) is 1.58. The minimum atomic E-state index is -3.35. The SMILES string of the molecule is CCS(=O)(=O)c1ccc2oc(-c3cc(NC(=O)OC)ccc3Cl)nc2c1. The maximum atomic E-state index is 12.0. The number of hydrogen-bond acceptors (Lipinski definition) is 6. The second kappa shape index (κ2) is 6.97. The summed E-state index contributed by atoms with van der Waals surface area (Å²) in [6, 6.07) is 9.28. The number of halogens is 1. The Kier molecular flexibility index (Phi) is 4.88. The van der Waals surface area contributed by atoms with Gasteiger partial charge in [0, 0.05) is 5.69 Å². The lowest BCUT2D eigenvalue weighted by Crippen LogP contribution is -2.10. The Morgan fingerprint density at radius 1 is 1.27 bits per heavy atom. The molecule has 136 valence electrons. The molecule has 1 aromatic heterocycles. The zero-order valence-corrected chi connectivity index (χ0v) is 15.5. The van der Waals surface area contributed by atoms with Gasteiger partial charge in [0.15, 0.2) is 15.4 Å². The predicted molar refractivity (Wildman–Crippen MR) is 98.2 cm³/mol. The van der Waals surface area contributed by atoms with Crippen molar-refractivity contribution in [3.63, 3.8) is 0 Å². The van der Waals surface area contributed by atoms with Crippen molar-refractivity contribution in [2.45, 2.75) is 11.8 Å². The van der Waals surface area contributed by atoms with Gasteiger partial charge in [0.2, 0.25) is 5.89 Å². The molecule has 0 saturated carbocycles. The molecule has 0 atom stereocenters. The minimum Gasteiger partial charge on any atom is -0.453 e. The molecule has 1 amide bonds. The molecule has 7 nitrogen and oxygen atoms in total. The molecule has 1 N–H and O–H groups in total. The zero-order chi connectivity index (χ0) is 18.9. The summed E-state index contributed by atoms with van der Waals surface area (Å²) in [5.74, 6) is 0.209. The smallest absolute Gasteiger partial charge is 0.411 e. The van der Waals surface area contributed by atoms with Gasteiger partial charge in [-0.2, -0.15) is 0 Å². The average molecular weight is 395 g/mol. The topological polar surface area (TPSA) is 98.5 Å². The minimum absolute atomic E-state index is 0.00368. The van der Waals surface area contributed by atoms with Crippen LogP contribution in [0.3, 0.4) is 0 Å². The monoisotopic (exact) mass is 394 g/mol. The predicted octanol–water partition coefficient (Wildman–Crippen LogP) is 4.12. The highest BCUT2D eigenvalue weighted by Crippen LogP contribution is 2.33. The zero-order valence-electron chi connectivity index (χ0n) is 13.9. The summed E-state index contributed by atoms with van der Waals surface area (Å²) in [7, 11) is -2.09. The number of carbonyl (C=O) groups excluding carboxylic acids is 1. The van der Waals surface area contributed by atoms with Crippen LogP contribution in [0.4, 0.5) is 10.5 Å². The van der Waals surface area contributed by atoms with Gasteiger partial charge in [0.25, 0.3) is 0 Å². The third-order valence-corrected chi connectivity index (χ3v) is 5.79. The van der Waals surface area contributed by atoms with Gasteiger partial charge in [0.1, 0.15) is 5.52 Å². The lowest BCUT2D eigenvalue weighted by atomic mass is 10.2. The van der Waals surface area contributed by atoms with Gasteiger partial charge in [-0.15, -0.1) is 0 Å².